The lowest BCUT2D eigenvalue weighted by molar-refractivity contribution is -0.125. The normalized spacial score (nSPS) is 23.0. The molecule has 124 valence electrons. The highest BCUT2D eigenvalue weighted by atomic mass is 19.1. The summed E-state index contributed by atoms with van der Waals surface area (Å²) < 4.78 is 19.0. The van der Waals surface area contributed by atoms with E-state index in [4.69, 9.17) is 14.6 Å². The maximum absolute atomic E-state index is 13.6. The van der Waals surface area contributed by atoms with Gasteiger partial charge in [0.15, 0.2) is 5.82 Å². The maximum atomic E-state index is 13.6. The molecule has 0 aromatic carbocycles. The number of hydrogen-bond acceptors (Lipinski definition) is 5. The highest BCUT2D eigenvalue weighted by Crippen LogP contribution is 2.17. The predicted molar refractivity (Wildman–Crippen MR) is 75.0 cm³/mol. The molecule has 2 bridgehead atoms. The van der Waals surface area contributed by atoms with Crippen LogP contribution in [0.4, 0.5) is 4.39 Å². The first-order valence-corrected chi connectivity index (χ1v) is 6.91. The summed E-state index contributed by atoms with van der Waals surface area (Å²) in [6, 6.07) is 1.10. The molecule has 1 aromatic heterocycles. The molecule has 2 aliphatic heterocycles. The number of nitrogens with zero attached hydrogens (tertiary/aromatic N) is 2. The number of aromatic nitrogens is 1. The van der Waals surface area contributed by atoms with E-state index in [1.54, 1.807) is 0 Å². The molecule has 0 saturated carbocycles. The number of ether oxygens (including phenoxy) is 1. The van der Waals surface area contributed by atoms with Gasteiger partial charge in [-0.25, -0.2) is 4.39 Å². The predicted octanol–water partition coefficient (Wildman–Crippen LogP) is -0.491. The Morgan fingerprint density at radius 1 is 1.48 bits per heavy atom. The molecule has 0 radical (unpaired) electrons. The molecule has 2 N–H and O–H groups in total. The second-order valence-electron chi connectivity index (χ2n) is 5.11. The van der Waals surface area contributed by atoms with Gasteiger partial charge in [0.25, 0.3) is 12.4 Å². The van der Waals surface area contributed by atoms with Gasteiger partial charge in [-0.3, -0.25) is 19.4 Å². The van der Waals surface area contributed by atoms with Gasteiger partial charge in [-0.05, 0) is 6.07 Å². The fourth-order valence-electron chi connectivity index (χ4n) is 2.51. The van der Waals surface area contributed by atoms with Gasteiger partial charge in [0.2, 0.25) is 5.91 Å². The number of carboxylic acid groups (broad SMARTS) is 1. The summed E-state index contributed by atoms with van der Waals surface area (Å²) in [4.78, 5) is 37.7. The van der Waals surface area contributed by atoms with Crippen molar-refractivity contribution < 1.29 is 28.6 Å². The SMILES string of the molecule is O=C1N[C@@H]2COC[C@H]1CN(C(=O)c1ccncc1F)C2.O=CO. The monoisotopic (exact) mass is 325 g/mol. The van der Waals surface area contributed by atoms with E-state index in [2.05, 4.69) is 10.3 Å². The Morgan fingerprint density at radius 3 is 2.91 bits per heavy atom. The van der Waals surface area contributed by atoms with Gasteiger partial charge >= 0.3 is 0 Å². The Kier molecular flexibility index (Phi) is 5.58. The summed E-state index contributed by atoms with van der Waals surface area (Å²) in [7, 11) is 0. The Labute approximate surface area is 131 Å². The highest BCUT2D eigenvalue weighted by Gasteiger charge is 2.35. The Balaban J connectivity index is 0.000000595. The molecule has 2 saturated heterocycles. The molecule has 2 atom stereocenters. The molecule has 2 aliphatic rings. The second-order valence-corrected chi connectivity index (χ2v) is 5.11. The molecule has 9 heteroatoms. The average molecular weight is 325 g/mol. The standard InChI is InChI=1S/C13H14FN3O3.CH2O2/c14-11-3-15-2-1-10(11)13(19)17-4-8-6-20-7-9(5-17)16-12(8)18;2-1-3/h1-3,8-9H,4-7H2,(H,16,18);1H,(H,2,3)/t8-,9+;/m1./s1. The van der Waals surface area contributed by atoms with Crippen LogP contribution in [0.15, 0.2) is 18.5 Å². The Morgan fingerprint density at radius 2 is 2.22 bits per heavy atom. The van der Waals surface area contributed by atoms with Crippen molar-refractivity contribution in [1.29, 1.82) is 0 Å². The van der Waals surface area contributed by atoms with E-state index in [0.717, 1.165) is 6.20 Å². The van der Waals surface area contributed by atoms with Crippen LogP contribution in [0.3, 0.4) is 0 Å². The summed E-state index contributed by atoms with van der Waals surface area (Å²) >= 11 is 0. The van der Waals surface area contributed by atoms with E-state index >= 15 is 0 Å². The second kappa shape index (κ2) is 7.63. The van der Waals surface area contributed by atoms with Crippen LogP contribution in [0.5, 0.6) is 0 Å². The van der Waals surface area contributed by atoms with Crippen molar-refractivity contribution in [1.82, 2.24) is 15.2 Å². The van der Waals surface area contributed by atoms with Crippen LogP contribution in [0.1, 0.15) is 10.4 Å². The van der Waals surface area contributed by atoms with Gasteiger partial charge in [-0.1, -0.05) is 0 Å². The van der Waals surface area contributed by atoms with Gasteiger partial charge in [-0.15, -0.1) is 0 Å². The van der Waals surface area contributed by atoms with Gasteiger partial charge in [-0.2, -0.15) is 0 Å². The number of fused-ring (bicyclic) bond motifs is 3. The van der Waals surface area contributed by atoms with Crippen molar-refractivity contribution in [2.24, 2.45) is 5.92 Å². The quantitative estimate of drug-likeness (QED) is 0.674. The number of nitrogens with one attached hydrogen (secondary N) is 1. The smallest absolute Gasteiger partial charge is 0.290 e. The van der Waals surface area contributed by atoms with E-state index in [1.165, 1.54) is 17.2 Å². The van der Waals surface area contributed by atoms with Crippen molar-refractivity contribution in [2.45, 2.75) is 6.04 Å². The minimum atomic E-state index is -0.651. The lowest BCUT2D eigenvalue weighted by Crippen LogP contribution is -2.44. The van der Waals surface area contributed by atoms with Crippen molar-refractivity contribution >= 4 is 18.3 Å². The molecule has 8 nitrogen and oxygen atoms in total. The number of pyridine rings is 1. The zero-order valence-electron chi connectivity index (χ0n) is 12.1. The van der Waals surface area contributed by atoms with E-state index in [-0.39, 0.29) is 37.1 Å². The van der Waals surface area contributed by atoms with Crippen LogP contribution in [-0.4, -0.2) is 65.6 Å². The van der Waals surface area contributed by atoms with E-state index < -0.39 is 17.6 Å². The minimum Gasteiger partial charge on any atom is -0.483 e. The number of halogens is 1. The third-order valence-electron chi connectivity index (χ3n) is 3.53. The molecular weight excluding hydrogens is 309 g/mol. The van der Waals surface area contributed by atoms with Crippen molar-refractivity contribution in [3.63, 3.8) is 0 Å². The van der Waals surface area contributed by atoms with Gasteiger partial charge < -0.3 is 20.1 Å². The highest BCUT2D eigenvalue weighted by molar-refractivity contribution is 5.95. The molecule has 1 aromatic rings. The van der Waals surface area contributed by atoms with Gasteiger partial charge in [0.05, 0.1) is 36.9 Å². The van der Waals surface area contributed by atoms with Crippen LogP contribution in [0.2, 0.25) is 0 Å². The van der Waals surface area contributed by atoms with Crippen molar-refractivity contribution in [3.05, 3.63) is 29.8 Å². The van der Waals surface area contributed by atoms with Crippen LogP contribution < -0.4 is 5.32 Å². The summed E-state index contributed by atoms with van der Waals surface area (Å²) in [6.45, 7) is 0.960. The summed E-state index contributed by atoms with van der Waals surface area (Å²) in [5.41, 5.74) is -0.0201. The first-order valence-electron chi connectivity index (χ1n) is 6.91. The zero-order chi connectivity index (χ0) is 16.8. The average Bonchev–Trinajstić information content (AvgIpc) is 2.76. The fraction of sp³-hybridized carbons (Fsp3) is 0.429. The number of amides is 2. The number of hydrogen-bond donors (Lipinski definition) is 2. The molecule has 2 amide bonds. The number of rotatable bonds is 1. The Bertz CT molecular complexity index is 598. The van der Waals surface area contributed by atoms with E-state index in [9.17, 15) is 14.0 Å². The molecule has 3 rings (SSSR count). The maximum Gasteiger partial charge on any atom is 0.290 e. The van der Waals surface area contributed by atoms with Gasteiger partial charge in [0, 0.05) is 19.3 Å². The molecular formula is C14H16FN3O5. The molecule has 3 heterocycles. The van der Waals surface area contributed by atoms with Crippen LogP contribution in [0.25, 0.3) is 0 Å². The lowest BCUT2D eigenvalue weighted by atomic mass is 10.1. The number of carbonyl (C=O) groups is 3. The fourth-order valence-corrected chi connectivity index (χ4v) is 2.51. The minimum absolute atomic E-state index is 0.0201. The largest absolute Gasteiger partial charge is 0.483 e. The zero-order valence-corrected chi connectivity index (χ0v) is 12.1. The third-order valence-corrected chi connectivity index (χ3v) is 3.53. The summed E-state index contributed by atoms with van der Waals surface area (Å²) in [6.07, 6.45) is 2.39. The van der Waals surface area contributed by atoms with Gasteiger partial charge in [0.1, 0.15) is 0 Å². The van der Waals surface area contributed by atoms with Crippen LogP contribution in [0, 0.1) is 11.7 Å². The molecule has 0 aliphatic carbocycles. The van der Waals surface area contributed by atoms with E-state index in [0.29, 0.717) is 13.2 Å². The lowest BCUT2D eigenvalue weighted by Gasteiger charge is -2.27. The third kappa shape index (κ3) is 4.01. The molecule has 23 heavy (non-hydrogen) atoms. The molecule has 0 unspecified atom stereocenters. The van der Waals surface area contributed by atoms with E-state index in [1.807, 2.05) is 0 Å². The Hall–Kier alpha value is -2.55. The molecule has 0 spiro atoms. The topological polar surface area (TPSA) is 109 Å². The van der Waals surface area contributed by atoms with Crippen molar-refractivity contribution in [3.8, 4) is 0 Å². The first kappa shape index (κ1) is 16.8. The first-order chi connectivity index (χ1) is 11.1. The molecule has 2 fully saturated rings. The van der Waals surface area contributed by atoms with Crippen LogP contribution in [-0.2, 0) is 14.3 Å². The van der Waals surface area contributed by atoms with Crippen LogP contribution >= 0.6 is 0 Å². The van der Waals surface area contributed by atoms with Crippen molar-refractivity contribution in [2.75, 3.05) is 26.3 Å². The number of carbonyl (C=O) groups excluding carboxylic acids is 2. The summed E-state index contributed by atoms with van der Waals surface area (Å²) in [5.74, 6) is -1.59. The summed E-state index contributed by atoms with van der Waals surface area (Å²) in [5, 5.41) is 9.72.